The van der Waals surface area contributed by atoms with Crippen molar-refractivity contribution in [2.75, 3.05) is 7.05 Å². The number of piperidine rings is 1. The number of likely N-dealkylation sites (N-methyl/N-ethyl adjacent to an activating group) is 1. The molecule has 1 unspecified atom stereocenters. The fraction of sp³-hybridized carbons (Fsp3) is 0.500. The van der Waals surface area contributed by atoms with Crippen LogP contribution in [0.3, 0.4) is 0 Å². The van der Waals surface area contributed by atoms with Crippen LogP contribution >= 0.6 is 11.3 Å². The topological polar surface area (TPSA) is 62.3 Å². The third-order valence-electron chi connectivity index (χ3n) is 2.63. The number of thiazole rings is 1. The lowest BCUT2D eigenvalue weighted by atomic mass is 10.0. The van der Waals surface area contributed by atoms with E-state index in [-0.39, 0.29) is 17.9 Å². The van der Waals surface area contributed by atoms with Crippen molar-refractivity contribution in [3.63, 3.8) is 0 Å². The maximum Gasteiger partial charge on any atom is 0.246 e. The first-order valence-corrected chi connectivity index (χ1v) is 5.98. The lowest BCUT2D eigenvalue weighted by Crippen LogP contribution is -2.51. The zero-order valence-electron chi connectivity index (χ0n) is 8.97. The summed E-state index contributed by atoms with van der Waals surface area (Å²) in [7, 11) is 1.53. The van der Waals surface area contributed by atoms with Crippen LogP contribution in [0.5, 0.6) is 0 Å². The molecule has 1 aromatic rings. The number of likely N-dealkylation sites (tertiary alicyclic amines) is 1. The zero-order valence-corrected chi connectivity index (χ0v) is 9.79. The highest BCUT2D eigenvalue weighted by molar-refractivity contribution is 7.09. The molecule has 1 aliphatic rings. The average Bonchev–Trinajstić information content (AvgIpc) is 2.78. The van der Waals surface area contributed by atoms with E-state index in [9.17, 15) is 9.59 Å². The molecule has 1 aliphatic heterocycles. The molecule has 1 N–H and O–H groups in total. The van der Waals surface area contributed by atoms with Gasteiger partial charge in [0.1, 0.15) is 5.01 Å². The van der Waals surface area contributed by atoms with Gasteiger partial charge < -0.3 is 0 Å². The normalized spacial score (nSPS) is 21.6. The molecular weight excluding hydrogens is 226 g/mol. The third kappa shape index (κ3) is 2.28. The van der Waals surface area contributed by atoms with Gasteiger partial charge >= 0.3 is 0 Å². The Balaban J connectivity index is 1.91. The van der Waals surface area contributed by atoms with Crippen LogP contribution in [0.15, 0.2) is 11.6 Å². The second-order valence-corrected chi connectivity index (χ2v) is 4.67. The minimum Gasteiger partial charge on any atom is -0.299 e. The summed E-state index contributed by atoms with van der Waals surface area (Å²) in [5.41, 5.74) is 0. The van der Waals surface area contributed by atoms with Crippen LogP contribution in [0, 0.1) is 0 Å². The molecule has 16 heavy (non-hydrogen) atoms. The summed E-state index contributed by atoms with van der Waals surface area (Å²) in [4.78, 5) is 28.3. The van der Waals surface area contributed by atoms with E-state index in [1.165, 1.54) is 11.9 Å². The van der Waals surface area contributed by atoms with Gasteiger partial charge in [0.05, 0.1) is 6.04 Å². The number of carbonyl (C=O) groups is 2. The summed E-state index contributed by atoms with van der Waals surface area (Å²) >= 11 is 1.55. The number of rotatable bonds is 3. The summed E-state index contributed by atoms with van der Waals surface area (Å²) in [5.74, 6) is -0.245. The van der Waals surface area contributed by atoms with Crippen LogP contribution in [-0.2, 0) is 16.1 Å². The molecule has 0 spiro atoms. The molecule has 1 fully saturated rings. The minimum absolute atomic E-state index is 0.0997. The molecule has 1 atom stereocenters. The van der Waals surface area contributed by atoms with Gasteiger partial charge in [0.2, 0.25) is 11.8 Å². The lowest BCUT2D eigenvalue weighted by molar-refractivity contribution is -0.148. The predicted octanol–water partition coefficient (Wildman–Crippen LogP) is 0.380. The van der Waals surface area contributed by atoms with Crippen molar-refractivity contribution in [2.24, 2.45) is 0 Å². The molecule has 0 bridgehead atoms. The van der Waals surface area contributed by atoms with Crippen molar-refractivity contribution < 1.29 is 9.59 Å². The van der Waals surface area contributed by atoms with E-state index in [1.807, 2.05) is 5.38 Å². The predicted molar refractivity (Wildman–Crippen MR) is 59.8 cm³/mol. The lowest BCUT2D eigenvalue weighted by Gasteiger charge is -2.27. The highest BCUT2D eigenvalue weighted by atomic mass is 32.1. The van der Waals surface area contributed by atoms with Gasteiger partial charge in [0.25, 0.3) is 0 Å². The molecular formula is C10H13N3O2S. The molecule has 2 heterocycles. The fourth-order valence-corrected chi connectivity index (χ4v) is 2.22. The summed E-state index contributed by atoms with van der Waals surface area (Å²) < 4.78 is 0. The highest BCUT2D eigenvalue weighted by Gasteiger charge is 2.31. The number of carbonyl (C=O) groups excluding carboxylic acids is 2. The molecule has 0 radical (unpaired) electrons. The Bertz CT molecular complexity index is 391. The molecule has 86 valence electrons. The number of hydrogen-bond acceptors (Lipinski definition) is 5. The molecule has 5 nitrogen and oxygen atoms in total. The van der Waals surface area contributed by atoms with Crippen molar-refractivity contribution in [3.05, 3.63) is 16.6 Å². The molecule has 1 saturated heterocycles. The van der Waals surface area contributed by atoms with E-state index >= 15 is 0 Å². The standard InChI is InChI=1S/C10H13N3O2S/c1-13-9(14)3-2-7(10(13)15)12-6-8-11-4-5-16-8/h4-5,7,12H,2-3,6H2,1H3. The van der Waals surface area contributed by atoms with Crippen molar-refractivity contribution in [1.82, 2.24) is 15.2 Å². The minimum atomic E-state index is -0.258. The van der Waals surface area contributed by atoms with Crippen molar-refractivity contribution in [3.8, 4) is 0 Å². The number of aromatic nitrogens is 1. The molecule has 6 heteroatoms. The molecule has 0 aliphatic carbocycles. The maximum absolute atomic E-state index is 11.7. The van der Waals surface area contributed by atoms with Crippen LogP contribution in [0.25, 0.3) is 0 Å². The van der Waals surface area contributed by atoms with Crippen molar-refractivity contribution >= 4 is 23.2 Å². The van der Waals surface area contributed by atoms with Gasteiger partial charge in [-0.3, -0.25) is 19.8 Å². The number of amides is 2. The van der Waals surface area contributed by atoms with Gasteiger partial charge in [-0.05, 0) is 6.42 Å². The first kappa shape index (κ1) is 11.2. The Morgan fingerprint density at radius 2 is 2.44 bits per heavy atom. The van der Waals surface area contributed by atoms with Crippen LogP contribution in [0.2, 0.25) is 0 Å². The fourth-order valence-electron chi connectivity index (χ4n) is 1.66. The maximum atomic E-state index is 11.7. The van der Waals surface area contributed by atoms with E-state index < -0.39 is 0 Å². The van der Waals surface area contributed by atoms with E-state index in [0.717, 1.165) is 5.01 Å². The van der Waals surface area contributed by atoms with E-state index in [2.05, 4.69) is 10.3 Å². The van der Waals surface area contributed by atoms with Gasteiger partial charge in [0.15, 0.2) is 0 Å². The number of imide groups is 1. The largest absolute Gasteiger partial charge is 0.299 e. The van der Waals surface area contributed by atoms with E-state index in [1.54, 1.807) is 17.5 Å². The molecule has 2 rings (SSSR count). The number of hydrogen-bond donors (Lipinski definition) is 1. The van der Waals surface area contributed by atoms with Crippen molar-refractivity contribution in [2.45, 2.75) is 25.4 Å². The average molecular weight is 239 g/mol. The molecule has 1 aromatic heterocycles. The van der Waals surface area contributed by atoms with Gasteiger partial charge in [0, 0.05) is 31.6 Å². The third-order valence-corrected chi connectivity index (χ3v) is 3.41. The second-order valence-electron chi connectivity index (χ2n) is 3.69. The Morgan fingerprint density at radius 3 is 3.12 bits per heavy atom. The number of nitrogens with zero attached hydrogens (tertiary/aromatic N) is 2. The summed E-state index contributed by atoms with van der Waals surface area (Å²) in [6.07, 6.45) is 2.74. The summed E-state index contributed by atoms with van der Waals surface area (Å²) in [6, 6.07) is -0.258. The first-order chi connectivity index (χ1) is 7.68. The molecule has 0 aromatic carbocycles. The van der Waals surface area contributed by atoms with Crippen LogP contribution in [0.4, 0.5) is 0 Å². The Hall–Kier alpha value is -1.27. The highest BCUT2D eigenvalue weighted by Crippen LogP contribution is 2.12. The van der Waals surface area contributed by atoms with E-state index in [4.69, 9.17) is 0 Å². The Labute approximate surface area is 97.5 Å². The van der Waals surface area contributed by atoms with Gasteiger partial charge in [-0.25, -0.2) is 4.98 Å². The van der Waals surface area contributed by atoms with Crippen LogP contribution in [-0.4, -0.2) is 34.8 Å². The van der Waals surface area contributed by atoms with Gasteiger partial charge in [-0.15, -0.1) is 11.3 Å². The molecule has 0 saturated carbocycles. The SMILES string of the molecule is CN1C(=O)CCC(NCc2nccs2)C1=O. The van der Waals surface area contributed by atoms with Crippen molar-refractivity contribution in [1.29, 1.82) is 0 Å². The Morgan fingerprint density at radius 1 is 1.62 bits per heavy atom. The Kier molecular flexibility index (Phi) is 3.31. The van der Waals surface area contributed by atoms with Crippen LogP contribution < -0.4 is 5.32 Å². The zero-order chi connectivity index (χ0) is 11.5. The summed E-state index contributed by atoms with van der Waals surface area (Å²) in [5, 5.41) is 5.98. The molecule has 2 amide bonds. The summed E-state index contributed by atoms with van der Waals surface area (Å²) in [6.45, 7) is 0.579. The quantitative estimate of drug-likeness (QED) is 0.775. The second kappa shape index (κ2) is 4.71. The van der Waals surface area contributed by atoms with Gasteiger partial charge in [-0.1, -0.05) is 0 Å². The first-order valence-electron chi connectivity index (χ1n) is 5.10. The van der Waals surface area contributed by atoms with Crippen LogP contribution in [0.1, 0.15) is 17.8 Å². The monoisotopic (exact) mass is 239 g/mol. The van der Waals surface area contributed by atoms with E-state index in [0.29, 0.717) is 19.4 Å². The number of nitrogens with one attached hydrogen (secondary N) is 1. The van der Waals surface area contributed by atoms with Gasteiger partial charge in [-0.2, -0.15) is 0 Å². The smallest absolute Gasteiger partial charge is 0.246 e.